The lowest BCUT2D eigenvalue weighted by atomic mass is 10.3. The van der Waals surface area contributed by atoms with E-state index < -0.39 is 15.3 Å². The highest BCUT2D eigenvalue weighted by molar-refractivity contribution is 7.89. The predicted molar refractivity (Wildman–Crippen MR) is 51.0 cm³/mol. The van der Waals surface area contributed by atoms with Gasteiger partial charge in [0.1, 0.15) is 0 Å². The summed E-state index contributed by atoms with van der Waals surface area (Å²) in [4.78, 5) is 0. The topological polar surface area (TPSA) is 70.4 Å². The number of rotatable bonds is 2. The smallest absolute Gasteiger partial charge is 0.230 e. The quantitative estimate of drug-likeness (QED) is 0.651. The van der Waals surface area contributed by atoms with Crippen molar-refractivity contribution in [2.24, 2.45) is 0 Å². The van der Waals surface area contributed by atoms with Crippen LogP contribution in [0.5, 0.6) is 0 Å². The van der Waals surface area contributed by atoms with E-state index >= 15 is 0 Å². The van der Waals surface area contributed by atoms with Gasteiger partial charge < -0.3 is 4.74 Å². The van der Waals surface area contributed by atoms with Gasteiger partial charge in [-0.15, -0.1) is 0 Å². The maximum absolute atomic E-state index is 11.7. The Morgan fingerprint density at radius 3 is 2.79 bits per heavy atom. The molecule has 0 amide bonds. The first-order valence-corrected chi connectivity index (χ1v) is 5.99. The minimum Gasteiger partial charge on any atom is -0.376 e. The molecule has 0 spiro atoms. The molecule has 0 aromatic rings. The molecule has 0 N–H and O–H groups in total. The van der Waals surface area contributed by atoms with Crippen molar-refractivity contribution in [3.8, 4) is 6.07 Å². The van der Waals surface area contributed by atoms with Crippen LogP contribution in [0.1, 0.15) is 13.8 Å². The third-order valence-corrected chi connectivity index (χ3v) is 4.24. The summed E-state index contributed by atoms with van der Waals surface area (Å²) in [5, 5.41) is 7.60. The van der Waals surface area contributed by atoms with E-state index in [2.05, 4.69) is 0 Å². The predicted octanol–water partition coefficient (Wildman–Crippen LogP) is -0.0510. The summed E-state index contributed by atoms with van der Waals surface area (Å²) < 4.78 is 30.0. The second-order valence-electron chi connectivity index (χ2n) is 3.36. The van der Waals surface area contributed by atoms with Gasteiger partial charge >= 0.3 is 0 Å². The summed E-state index contributed by atoms with van der Waals surface area (Å²) in [7, 11) is -3.45. The Hall–Kier alpha value is -0.640. The number of nitriles is 1. The van der Waals surface area contributed by atoms with Crippen LogP contribution in [-0.4, -0.2) is 43.8 Å². The molecule has 1 heterocycles. The van der Waals surface area contributed by atoms with E-state index in [0.29, 0.717) is 19.7 Å². The molecule has 0 aromatic heterocycles. The molecular formula is C8H14N2O3S. The average molecular weight is 218 g/mol. The number of morpholine rings is 1. The van der Waals surface area contributed by atoms with Crippen molar-refractivity contribution in [3.63, 3.8) is 0 Å². The van der Waals surface area contributed by atoms with Crippen LogP contribution < -0.4 is 0 Å². The molecule has 0 bridgehead atoms. The monoisotopic (exact) mass is 218 g/mol. The summed E-state index contributed by atoms with van der Waals surface area (Å²) >= 11 is 0. The van der Waals surface area contributed by atoms with E-state index in [1.54, 1.807) is 6.07 Å². The highest BCUT2D eigenvalue weighted by Gasteiger charge is 2.31. The van der Waals surface area contributed by atoms with E-state index in [0.717, 1.165) is 0 Å². The Balaban J connectivity index is 2.78. The summed E-state index contributed by atoms with van der Waals surface area (Å²) in [6, 6.07) is 1.75. The van der Waals surface area contributed by atoms with E-state index in [1.807, 2.05) is 6.92 Å². The number of nitrogens with zero attached hydrogens (tertiary/aromatic N) is 2. The van der Waals surface area contributed by atoms with Crippen molar-refractivity contribution in [1.29, 1.82) is 5.26 Å². The molecule has 0 aliphatic carbocycles. The first-order valence-electron chi connectivity index (χ1n) is 4.48. The third kappa shape index (κ3) is 2.23. The molecule has 80 valence electrons. The molecule has 2 atom stereocenters. The van der Waals surface area contributed by atoms with Crippen LogP contribution in [0.2, 0.25) is 0 Å². The summed E-state index contributed by atoms with van der Waals surface area (Å²) in [6.45, 7) is 4.31. The Morgan fingerprint density at radius 2 is 2.29 bits per heavy atom. The number of ether oxygens (including phenoxy) is 1. The molecule has 6 heteroatoms. The van der Waals surface area contributed by atoms with Crippen molar-refractivity contribution in [1.82, 2.24) is 4.31 Å². The average Bonchev–Trinajstić information content (AvgIpc) is 2.16. The van der Waals surface area contributed by atoms with Gasteiger partial charge in [-0.25, -0.2) is 8.42 Å². The SMILES string of the molecule is CC1CN(S(=O)(=O)C(C)C#N)CCO1. The van der Waals surface area contributed by atoms with E-state index in [1.165, 1.54) is 11.2 Å². The molecular weight excluding hydrogens is 204 g/mol. The van der Waals surface area contributed by atoms with Crippen LogP contribution in [0.25, 0.3) is 0 Å². The van der Waals surface area contributed by atoms with Gasteiger partial charge in [-0.2, -0.15) is 9.57 Å². The van der Waals surface area contributed by atoms with Gasteiger partial charge in [0.25, 0.3) is 0 Å². The number of hydrogen-bond donors (Lipinski definition) is 0. The zero-order valence-corrected chi connectivity index (χ0v) is 9.12. The molecule has 1 rings (SSSR count). The van der Waals surface area contributed by atoms with Crippen molar-refractivity contribution in [2.75, 3.05) is 19.7 Å². The third-order valence-electron chi connectivity index (χ3n) is 2.19. The summed E-state index contributed by atoms with van der Waals surface area (Å²) in [5.74, 6) is 0. The van der Waals surface area contributed by atoms with Gasteiger partial charge in [0.2, 0.25) is 10.0 Å². The Bertz CT molecular complexity index is 333. The first-order chi connectivity index (χ1) is 6.48. The molecule has 0 aromatic carbocycles. The van der Waals surface area contributed by atoms with E-state index in [4.69, 9.17) is 10.00 Å². The number of hydrogen-bond acceptors (Lipinski definition) is 4. The van der Waals surface area contributed by atoms with Gasteiger partial charge in [-0.1, -0.05) is 0 Å². The lowest BCUT2D eigenvalue weighted by molar-refractivity contribution is 0.0101. The van der Waals surface area contributed by atoms with Gasteiger partial charge in [0.05, 0.1) is 18.8 Å². The molecule has 1 saturated heterocycles. The molecule has 14 heavy (non-hydrogen) atoms. The molecule has 2 unspecified atom stereocenters. The van der Waals surface area contributed by atoms with Crippen LogP contribution in [0.4, 0.5) is 0 Å². The van der Waals surface area contributed by atoms with Gasteiger partial charge in [0, 0.05) is 13.1 Å². The van der Waals surface area contributed by atoms with Gasteiger partial charge in [-0.3, -0.25) is 0 Å². The molecule has 1 aliphatic rings. The fourth-order valence-corrected chi connectivity index (χ4v) is 2.63. The molecule has 1 fully saturated rings. The van der Waals surface area contributed by atoms with Crippen LogP contribution in [0.15, 0.2) is 0 Å². The second-order valence-corrected chi connectivity index (χ2v) is 5.61. The molecule has 5 nitrogen and oxygen atoms in total. The van der Waals surface area contributed by atoms with Crippen molar-refractivity contribution < 1.29 is 13.2 Å². The van der Waals surface area contributed by atoms with E-state index in [-0.39, 0.29) is 6.10 Å². The minimum absolute atomic E-state index is 0.0931. The van der Waals surface area contributed by atoms with Crippen LogP contribution in [0, 0.1) is 11.3 Å². The molecule has 1 aliphatic heterocycles. The maximum atomic E-state index is 11.7. The summed E-state index contributed by atoms with van der Waals surface area (Å²) in [5.41, 5.74) is 0. The standard InChI is InChI=1S/C8H14N2O3S/c1-7-6-10(3-4-13-7)14(11,12)8(2)5-9/h7-8H,3-4,6H2,1-2H3. The number of sulfonamides is 1. The lowest BCUT2D eigenvalue weighted by Gasteiger charge is -2.30. The second kappa shape index (κ2) is 4.26. The highest BCUT2D eigenvalue weighted by Crippen LogP contribution is 2.13. The zero-order valence-electron chi connectivity index (χ0n) is 8.30. The van der Waals surface area contributed by atoms with Gasteiger partial charge in [-0.05, 0) is 13.8 Å². The largest absolute Gasteiger partial charge is 0.376 e. The summed E-state index contributed by atoms with van der Waals surface area (Å²) in [6.07, 6.45) is -0.0931. The van der Waals surface area contributed by atoms with Crippen molar-refractivity contribution in [2.45, 2.75) is 25.2 Å². The highest BCUT2D eigenvalue weighted by atomic mass is 32.2. The Labute approximate surface area is 84.3 Å². The fraction of sp³-hybridized carbons (Fsp3) is 0.875. The first kappa shape index (κ1) is 11.4. The lowest BCUT2D eigenvalue weighted by Crippen LogP contribution is -2.47. The van der Waals surface area contributed by atoms with Crippen LogP contribution in [-0.2, 0) is 14.8 Å². The minimum atomic E-state index is -3.45. The van der Waals surface area contributed by atoms with Crippen molar-refractivity contribution >= 4 is 10.0 Å². The van der Waals surface area contributed by atoms with Crippen molar-refractivity contribution in [3.05, 3.63) is 0 Å². The molecule has 0 radical (unpaired) electrons. The van der Waals surface area contributed by atoms with Crippen LogP contribution in [0.3, 0.4) is 0 Å². The fourth-order valence-electron chi connectivity index (χ4n) is 1.31. The Kier molecular flexibility index (Phi) is 3.48. The van der Waals surface area contributed by atoms with Crippen LogP contribution >= 0.6 is 0 Å². The zero-order chi connectivity index (χ0) is 10.8. The van der Waals surface area contributed by atoms with Gasteiger partial charge in [0.15, 0.2) is 5.25 Å². The van der Waals surface area contributed by atoms with E-state index in [9.17, 15) is 8.42 Å². The molecule has 0 saturated carbocycles. The Morgan fingerprint density at radius 1 is 1.64 bits per heavy atom. The maximum Gasteiger partial charge on any atom is 0.230 e. The normalized spacial score (nSPS) is 26.8.